The van der Waals surface area contributed by atoms with Crippen molar-refractivity contribution >= 4 is 26.9 Å². The van der Waals surface area contributed by atoms with Gasteiger partial charge in [-0.3, -0.25) is 9.59 Å². The Bertz CT molecular complexity index is 759. The maximum Gasteiger partial charge on any atom is 0.176 e. The predicted molar refractivity (Wildman–Crippen MR) is 101 cm³/mol. The summed E-state index contributed by atoms with van der Waals surface area (Å²) in [7, 11) is 1.19. The Morgan fingerprint density at radius 3 is 2.08 bits per heavy atom. The molecule has 24 heavy (non-hydrogen) atoms. The van der Waals surface area contributed by atoms with Crippen molar-refractivity contribution in [3.05, 3.63) is 65.7 Å². The Labute approximate surface area is 145 Å². The maximum absolute atomic E-state index is 12.7. The first-order valence-corrected chi connectivity index (χ1v) is 9.73. The van der Waals surface area contributed by atoms with Crippen LogP contribution in [0.15, 0.2) is 54.6 Å². The molecule has 0 amide bonds. The molecular formula is C20H22O3S. The molecule has 0 radical (unpaired) electrons. The lowest BCUT2D eigenvalue weighted by Crippen LogP contribution is -2.27. The number of carbonyl (C=O) groups is 2. The summed E-state index contributed by atoms with van der Waals surface area (Å²) in [6.07, 6.45) is 4.28. The molecule has 0 saturated carbocycles. The van der Waals surface area contributed by atoms with Crippen molar-refractivity contribution < 1.29 is 14.3 Å². The quantitative estimate of drug-likeness (QED) is 0.573. The largest absolute Gasteiger partial charge is 0.496 e. The molecular weight excluding hydrogens is 320 g/mol. The van der Waals surface area contributed by atoms with Crippen LogP contribution >= 0.6 is 10.5 Å². The summed E-state index contributed by atoms with van der Waals surface area (Å²) < 4.78 is 5.30. The van der Waals surface area contributed by atoms with Crippen LogP contribution in [-0.2, 0) is 22.4 Å². The zero-order chi connectivity index (χ0) is 17.5. The zero-order valence-electron chi connectivity index (χ0n) is 14.2. The van der Waals surface area contributed by atoms with Crippen LogP contribution in [0.1, 0.15) is 11.1 Å². The van der Waals surface area contributed by atoms with Gasteiger partial charge in [-0.25, -0.2) is 0 Å². The number of ketones is 2. The lowest BCUT2D eigenvalue weighted by atomic mass is 10.0. The van der Waals surface area contributed by atoms with Crippen LogP contribution in [0.25, 0.3) is 0 Å². The molecule has 4 heteroatoms. The third kappa shape index (κ3) is 4.65. The average Bonchev–Trinajstić information content (AvgIpc) is 2.56. The van der Waals surface area contributed by atoms with Gasteiger partial charge in [0.1, 0.15) is 5.75 Å². The van der Waals surface area contributed by atoms with Gasteiger partial charge < -0.3 is 4.74 Å². The highest BCUT2D eigenvalue weighted by molar-refractivity contribution is 8.16. The van der Waals surface area contributed by atoms with Gasteiger partial charge in [0.05, 0.1) is 12.0 Å². The van der Waals surface area contributed by atoms with E-state index in [-0.39, 0.29) is 24.4 Å². The van der Waals surface area contributed by atoms with Crippen LogP contribution in [-0.4, -0.2) is 36.1 Å². The maximum atomic E-state index is 12.7. The molecule has 0 aliphatic carbocycles. The fraction of sp³-hybridized carbons (Fsp3) is 0.250. The highest BCUT2D eigenvalue weighted by atomic mass is 32.2. The molecule has 2 aromatic carbocycles. The number of hydrogen-bond donors (Lipinski definition) is 0. The van der Waals surface area contributed by atoms with Crippen LogP contribution in [0.5, 0.6) is 5.75 Å². The molecule has 0 unspecified atom stereocenters. The number of rotatable bonds is 7. The van der Waals surface area contributed by atoms with Crippen molar-refractivity contribution in [2.45, 2.75) is 12.8 Å². The van der Waals surface area contributed by atoms with Gasteiger partial charge in [-0.2, -0.15) is 10.5 Å². The Kier molecular flexibility index (Phi) is 6.50. The molecule has 2 aromatic rings. The molecule has 0 aliphatic rings. The summed E-state index contributed by atoms with van der Waals surface area (Å²) >= 11 is 0. The fourth-order valence-electron chi connectivity index (χ4n) is 2.57. The molecule has 0 fully saturated rings. The van der Waals surface area contributed by atoms with Gasteiger partial charge >= 0.3 is 0 Å². The van der Waals surface area contributed by atoms with Crippen LogP contribution in [0.4, 0.5) is 0 Å². The number of para-hydroxylation sites is 1. The van der Waals surface area contributed by atoms with Crippen molar-refractivity contribution in [2.75, 3.05) is 19.6 Å². The van der Waals surface area contributed by atoms with E-state index in [9.17, 15) is 9.59 Å². The highest BCUT2D eigenvalue weighted by Crippen LogP contribution is 2.19. The predicted octanol–water partition coefficient (Wildman–Crippen LogP) is 3.32. The highest BCUT2D eigenvalue weighted by Gasteiger charge is 2.21. The van der Waals surface area contributed by atoms with Gasteiger partial charge in [0, 0.05) is 18.4 Å². The van der Waals surface area contributed by atoms with Gasteiger partial charge in [0.15, 0.2) is 11.6 Å². The minimum Gasteiger partial charge on any atom is -0.496 e. The van der Waals surface area contributed by atoms with E-state index >= 15 is 0 Å². The second-order valence-electron chi connectivity index (χ2n) is 5.64. The number of methoxy groups -OCH3 is 1. The van der Waals surface area contributed by atoms with Crippen molar-refractivity contribution in [1.82, 2.24) is 0 Å². The first-order chi connectivity index (χ1) is 11.5. The van der Waals surface area contributed by atoms with Crippen molar-refractivity contribution in [3.8, 4) is 5.75 Å². The normalized spacial score (nSPS) is 10.5. The van der Waals surface area contributed by atoms with E-state index in [0.717, 1.165) is 11.1 Å². The smallest absolute Gasteiger partial charge is 0.176 e. The number of hydrogen-bond acceptors (Lipinski definition) is 3. The third-order valence-electron chi connectivity index (χ3n) is 3.67. The van der Waals surface area contributed by atoms with Crippen molar-refractivity contribution in [3.63, 3.8) is 0 Å². The molecule has 0 heterocycles. The van der Waals surface area contributed by atoms with Gasteiger partial charge in [0.2, 0.25) is 0 Å². The molecule has 0 N–H and O–H groups in total. The molecule has 0 spiro atoms. The Morgan fingerprint density at radius 2 is 1.46 bits per heavy atom. The van der Waals surface area contributed by atoms with Crippen molar-refractivity contribution in [1.29, 1.82) is 0 Å². The minimum absolute atomic E-state index is 0.0885. The molecule has 3 nitrogen and oxygen atoms in total. The summed E-state index contributed by atoms with van der Waals surface area (Å²) in [6.45, 7) is 0. The number of benzene rings is 2. The SMILES string of the molecule is COc1ccccc1CC(=O)C(C(=O)Cc1ccccc1)=S(C)C. The molecule has 0 aromatic heterocycles. The van der Waals surface area contributed by atoms with E-state index in [1.807, 2.05) is 67.1 Å². The monoisotopic (exact) mass is 342 g/mol. The van der Waals surface area contributed by atoms with Crippen LogP contribution in [0, 0.1) is 0 Å². The van der Waals surface area contributed by atoms with E-state index in [1.54, 1.807) is 7.11 Å². The molecule has 0 saturated heterocycles. The fourth-order valence-corrected chi connectivity index (χ4v) is 3.63. The number of carbonyl (C=O) groups excluding carboxylic acids is 2. The van der Waals surface area contributed by atoms with E-state index < -0.39 is 10.5 Å². The Balaban J connectivity index is 2.20. The first-order valence-electron chi connectivity index (χ1n) is 7.69. The minimum atomic E-state index is -0.393. The zero-order valence-corrected chi connectivity index (χ0v) is 15.1. The summed E-state index contributed by atoms with van der Waals surface area (Å²) in [5, 5.41) is 0. The summed E-state index contributed by atoms with van der Waals surface area (Å²) in [4.78, 5) is 25.8. The van der Waals surface area contributed by atoms with Crippen LogP contribution in [0.2, 0.25) is 0 Å². The number of Topliss-reactive ketones (excluding diaryl/α,β-unsaturated/α-hetero) is 2. The van der Waals surface area contributed by atoms with Gasteiger partial charge in [-0.05, 0) is 24.1 Å². The second kappa shape index (κ2) is 8.60. The van der Waals surface area contributed by atoms with Gasteiger partial charge in [-0.15, -0.1) is 0 Å². The number of ether oxygens (including phenoxy) is 1. The third-order valence-corrected chi connectivity index (χ3v) is 4.94. The summed E-state index contributed by atoms with van der Waals surface area (Å²) in [5.74, 6) is 0.469. The summed E-state index contributed by atoms with van der Waals surface area (Å²) in [6, 6.07) is 16.9. The topological polar surface area (TPSA) is 43.4 Å². The molecule has 2 rings (SSSR count). The first kappa shape index (κ1) is 18.1. The van der Waals surface area contributed by atoms with Crippen LogP contribution in [0.3, 0.4) is 0 Å². The lowest BCUT2D eigenvalue weighted by molar-refractivity contribution is -0.116. The molecule has 126 valence electrons. The molecule has 0 atom stereocenters. The summed E-state index contributed by atoms with van der Waals surface area (Å²) in [5.41, 5.74) is 1.73. The van der Waals surface area contributed by atoms with E-state index in [0.29, 0.717) is 10.6 Å². The van der Waals surface area contributed by atoms with Crippen LogP contribution < -0.4 is 4.74 Å². The van der Waals surface area contributed by atoms with E-state index in [1.165, 1.54) is 0 Å². The molecule has 0 bridgehead atoms. The van der Waals surface area contributed by atoms with Gasteiger partial charge in [0.25, 0.3) is 0 Å². The standard InChI is InChI=1S/C20H22O3S/c1-23-19-12-8-7-11-16(19)14-18(22)20(24(2)3)17(21)13-15-9-5-4-6-10-15/h4-12H,13-14H2,1-3H3. The Hall–Kier alpha value is -2.20. The Morgan fingerprint density at radius 1 is 0.875 bits per heavy atom. The second-order valence-corrected chi connectivity index (χ2v) is 7.68. The van der Waals surface area contributed by atoms with Crippen molar-refractivity contribution in [2.24, 2.45) is 0 Å². The average molecular weight is 342 g/mol. The van der Waals surface area contributed by atoms with E-state index in [4.69, 9.17) is 4.74 Å². The van der Waals surface area contributed by atoms with Gasteiger partial charge in [-0.1, -0.05) is 48.5 Å². The lowest BCUT2D eigenvalue weighted by Gasteiger charge is -2.11. The molecule has 0 aliphatic heterocycles. The van der Waals surface area contributed by atoms with E-state index in [2.05, 4.69) is 0 Å².